The molecule has 3 aromatic rings. The van der Waals surface area contributed by atoms with E-state index in [1.165, 1.54) is 11.8 Å². The van der Waals surface area contributed by atoms with Crippen molar-refractivity contribution >= 4 is 40.9 Å². The third-order valence-corrected chi connectivity index (χ3v) is 5.11. The number of hydrogen-bond acceptors (Lipinski definition) is 8. The first-order valence-corrected chi connectivity index (χ1v) is 10.5. The number of ether oxygens (including phenoxy) is 1. The van der Waals surface area contributed by atoms with E-state index in [-0.39, 0.29) is 17.6 Å². The Morgan fingerprint density at radius 1 is 1.10 bits per heavy atom. The lowest BCUT2D eigenvalue weighted by molar-refractivity contribution is -0.113. The molecule has 156 valence electrons. The highest BCUT2D eigenvalue weighted by Gasteiger charge is 2.10. The Hall–Kier alpha value is -3.33. The zero-order chi connectivity index (χ0) is 21.5. The number of hydrogen-bond donors (Lipinski definition) is 3. The summed E-state index contributed by atoms with van der Waals surface area (Å²) in [6.07, 6.45) is 0. The van der Waals surface area contributed by atoms with E-state index < -0.39 is 0 Å². The fourth-order valence-corrected chi connectivity index (χ4v) is 3.40. The van der Waals surface area contributed by atoms with Gasteiger partial charge in [0.2, 0.25) is 17.8 Å². The molecule has 0 aliphatic heterocycles. The fraction of sp³-hybridized carbons (Fsp3) is 0.238. The van der Waals surface area contributed by atoms with Crippen LogP contribution < -0.4 is 21.1 Å². The second-order valence-corrected chi connectivity index (χ2v) is 7.60. The molecule has 0 aliphatic rings. The molecule has 8 nitrogen and oxygen atoms in total. The Morgan fingerprint density at radius 2 is 1.90 bits per heavy atom. The number of para-hydroxylation sites is 1. The van der Waals surface area contributed by atoms with Gasteiger partial charge in [0.05, 0.1) is 24.3 Å². The topological polar surface area (TPSA) is 115 Å². The third-order valence-electron chi connectivity index (χ3n) is 4.18. The van der Waals surface area contributed by atoms with Crippen molar-refractivity contribution in [2.45, 2.75) is 19.6 Å². The monoisotopic (exact) mass is 424 g/mol. The molecule has 0 atom stereocenters. The number of aromatic nitrogens is 3. The van der Waals surface area contributed by atoms with Crippen LogP contribution in [0, 0.1) is 13.8 Å². The zero-order valence-corrected chi connectivity index (χ0v) is 17.9. The van der Waals surface area contributed by atoms with E-state index in [0.29, 0.717) is 29.0 Å². The van der Waals surface area contributed by atoms with Crippen molar-refractivity contribution < 1.29 is 9.53 Å². The molecule has 1 amide bonds. The first-order valence-electron chi connectivity index (χ1n) is 9.30. The molecule has 0 bridgehead atoms. The molecule has 1 aromatic heterocycles. The van der Waals surface area contributed by atoms with E-state index in [9.17, 15) is 4.79 Å². The molecule has 3 rings (SSSR count). The van der Waals surface area contributed by atoms with Gasteiger partial charge < -0.3 is 21.1 Å². The van der Waals surface area contributed by atoms with E-state index in [1.54, 1.807) is 7.11 Å². The molecule has 9 heteroatoms. The number of nitrogen functional groups attached to an aromatic ring is 1. The number of anilines is 4. The van der Waals surface area contributed by atoms with Crippen molar-refractivity contribution in [2.24, 2.45) is 0 Å². The van der Waals surface area contributed by atoms with E-state index in [4.69, 9.17) is 10.5 Å². The molecule has 0 aliphatic carbocycles. The van der Waals surface area contributed by atoms with Gasteiger partial charge in [-0.1, -0.05) is 24.3 Å². The van der Waals surface area contributed by atoms with E-state index in [2.05, 4.69) is 25.6 Å². The molecule has 0 saturated carbocycles. The molecule has 0 fully saturated rings. The molecule has 2 aromatic carbocycles. The van der Waals surface area contributed by atoms with E-state index >= 15 is 0 Å². The van der Waals surface area contributed by atoms with Crippen molar-refractivity contribution in [1.29, 1.82) is 0 Å². The van der Waals surface area contributed by atoms with Crippen molar-refractivity contribution in [3.8, 4) is 5.75 Å². The summed E-state index contributed by atoms with van der Waals surface area (Å²) in [6, 6.07) is 13.4. The van der Waals surface area contributed by atoms with Gasteiger partial charge in [0, 0.05) is 5.69 Å². The van der Waals surface area contributed by atoms with Crippen molar-refractivity contribution in [2.75, 3.05) is 29.2 Å². The highest BCUT2D eigenvalue weighted by Crippen LogP contribution is 2.25. The maximum atomic E-state index is 12.3. The average Bonchev–Trinajstić information content (AvgIpc) is 2.69. The molecular weight excluding hydrogens is 400 g/mol. The number of aryl methyl sites for hydroxylation is 2. The highest BCUT2D eigenvalue weighted by molar-refractivity contribution is 7.99. The number of carbonyl (C=O) groups is 1. The summed E-state index contributed by atoms with van der Waals surface area (Å²) in [5, 5.41) is 6.03. The van der Waals surface area contributed by atoms with Gasteiger partial charge in [-0.05, 0) is 43.2 Å². The normalized spacial score (nSPS) is 10.5. The minimum Gasteiger partial charge on any atom is -0.495 e. The number of nitrogens with one attached hydrogen (secondary N) is 2. The summed E-state index contributed by atoms with van der Waals surface area (Å²) in [4.78, 5) is 25.0. The Labute approximate surface area is 179 Å². The smallest absolute Gasteiger partial charge is 0.234 e. The van der Waals surface area contributed by atoms with Crippen LogP contribution in [0.5, 0.6) is 5.75 Å². The largest absolute Gasteiger partial charge is 0.495 e. The first-order chi connectivity index (χ1) is 14.4. The van der Waals surface area contributed by atoms with Gasteiger partial charge in [-0.15, -0.1) is 11.8 Å². The van der Waals surface area contributed by atoms with Crippen LogP contribution in [0.25, 0.3) is 0 Å². The summed E-state index contributed by atoms with van der Waals surface area (Å²) in [6.45, 7) is 3.95. The van der Waals surface area contributed by atoms with Crippen LogP contribution in [0.15, 0.2) is 42.5 Å². The summed E-state index contributed by atoms with van der Waals surface area (Å²) >= 11 is 1.39. The van der Waals surface area contributed by atoms with E-state index in [0.717, 1.165) is 16.8 Å². The Bertz CT molecular complexity index is 1040. The number of rotatable bonds is 8. The van der Waals surface area contributed by atoms with Crippen LogP contribution in [0.4, 0.5) is 23.3 Å². The minimum absolute atomic E-state index is 0.130. The Balaban J connectivity index is 1.58. The van der Waals surface area contributed by atoms with E-state index in [1.807, 2.05) is 56.3 Å². The predicted molar refractivity (Wildman–Crippen MR) is 121 cm³/mol. The second-order valence-electron chi connectivity index (χ2n) is 6.62. The van der Waals surface area contributed by atoms with Crippen LogP contribution in [0.2, 0.25) is 0 Å². The number of nitrogens with two attached hydrogens (primary N) is 1. The lowest BCUT2D eigenvalue weighted by Gasteiger charge is -2.11. The lowest BCUT2D eigenvalue weighted by Crippen LogP contribution is -2.15. The number of nitrogens with zero attached hydrogens (tertiary/aromatic N) is 3. The number of amides is 1. The number of benzene rings is 2. The molecule has 0 spiro atoms. The standard InChI is InChI=1S/C21H24N6O2S/c1-13-8-9-17(29-3)16(10-13)23-19(28)12-30-11-18-25-20(22)27-21(26-18)24-15-7-5-4-6-14(15)2/h4-10H,11-12H2,1-3H3,(H,23,28)(H3,22,24,25,26,27). The minimum atomic E-state index is -0.135. The van der Waals surface area contributed by atoms with Crippen LogP contribution >= 0.6 is 11.8 Å². The first kappa shape index (κ1) is 21.4. The van der Waals surface area contributed by atoms with Gasteiger partial charge in [0.25, 0.3) is 0 Å². The number of thioether (sulfide) groups is 1. The van der Waals surface area contributed by atoms with Gasteiger partial charge in [0.1, 0.15) is 11.6 Å². The molecule has 4 N–H and O–H groups in total. The summed E-state index contributed by atoms with van der Waals surface area (Å²) in [5.74, 6) is 2.16. The van der Waals surface area contributed by atoms with Gasteiger partial charge in [0.15, 0.2) is 0 Å². The van der Waals surface area contributed by atoms with Crippen LogP contribution in [0.1, 0.15) is 17.0 Å². The van der Waals surface area contributed by atoms with Crippen LogP contribution in [-0.2, 0) is 10.5 Å². The molecule has 30 heavy (non-hydrogen) atoms. The van der Waals surface area contributed by atoms with Gasteiger partial charge in [-0.25, -0.2) is 0 Å². The molecule has 1 heterocycles. The zero-order valence-electron chi connectivity index (χ0n) is 17.1. The lowest BCUT2D eigenvalue weighted by atomic mass is 10.2. The maximum Gasteiger partial charge on any atom is 0.234 e. The molecular formula is C21H24N6O2S. The Kier molecular flexibility index (Phi) is 7.08. The molecule has 0 unspecified atom stereocenters. The van der Waals surface area contributed by atoms with Crippen molar-refractivity contribution in [3.63, 3.8) is 0 Å². The quantitative estimate of drug-likeness (QED) is 0.501. The third kappa shape index (κ3) is 5.84. The van der Waals surface area contributed by atoms with Crippen LogP contribution in [-0.4, -0.2) is 33.7 Å². The number of methoxy groups -OCH3 is 1. The van der Waals surface area contributed by atoms with Crippen LogP contribution in [0.3, 0.4) is 0 Å². The summed E-state index contributed by atoms with van der Waals surface area (Å²) in [7, 11) is 1.57. The second kappa shape index (κ2) is 9.93. The number of carbonyl (C=O) groups excluding carboxylic acids is 1. The van der Waals surface area contributed by atoms with Crippen molar-refractivity contribution in [3.05, 3.63) is 59.4 Å². The highest BCUT2D eigenvalue weighted by atomic mass is 32.2. The summed E-state index contributed by atoms with van der Waals surface area (Å²) < 4.78 is 5.29. The SMILES string of the molecule is COc1ccc(C)cc1NC(=O)CSCc1nc(N)nc(Nc2ccccc2C)n1. The van der Waals surface area contributed by atoms with Gasteiger partial charge in [-0.3, -0.25) is 4.79 Å². The molecule has 0 radical (unpaired) electrons. The summed E-state index contributed by atoms with van der Waals surface area (Å²) in [5.41, 5.74) is 9.47. The van der Waals surface area contributed by atoms with Gasteiger partial charge >= 0.3 is 0 Å². The Morgan fingerprint density at radius 3 is 2.67 bits per heavy atom. The fourth-order valence-electron chi connectivity index (χ4n) is 2.73. The predicted octanol–water partition coefficient (Wildman–Crippen LogP) is 3.69. The van der Waals surface area contributed by atoms with Crippen molar-refractivity contribution in [1.82, 2.24) is 15.0 Å². The molecule has 0 saturated heterocycles. The maximum absolute atomic E-state index is 12.3. The average molecular weight is 425 g/mol. The van der Waals surface area contributed by atoms with Gasteiger partial charge in [-0.2, -0.15) is 15.0 Å².